The largest absolute Gasteiger partial charge is 0.490 e. The molecular weight excluding hydrogens is 274 g/mol. The van der Waals surface area contributed by atoms with Crippen LogP contribution in [0.5, 0.6) is 5.75 Å². The second kappa shape index (κ2) is 7.52. The first-order valence-corrected chi connectivity index (χ1v) is 8.56. The van der Waals surface area contributed by atoms with Crippen molar-refractivity contribution in [1.29, 1.82) is 0 Å². The number of ether oxygens (including phenoxy) is 1. The smallest absolute Gasteiger partial charge is 0.191 e. The van der Waals surface area contributed by atoms with E-state index < -0.39 is 0 Å². The zero-order valence-electron chi connectivity index (χ0n) is 13.5. The summed E-state index contributed by atoms with van der Waals surface area (Å²) in [7, 11) is 1.82. The molecule has 0 spiro atoms. The number of benzene rings is 1. The normalized spacial score (nSPS) is 19.8. The fraction of sp³-hybridized carbons (Fsp3) is 0.611. The van der Waals surface area contributed by atoms with Gasteiger partial charge in [0.25, 0.3) is 0 Å². The highest BCUT2D eigenvalue weighted by atomic mass is 16.5. The first kappa shape index (κ1) is 15.2. The van der Waals surface area contributed by atoms with Crippen LogP contribution in [-0.4, -0.2) is 25.2 Å². The van der Waals surface area contributed by atoms with Crippen LogP contribution in [0, 0.1) is 0 Å². The molecule has 1 aromatic carbocycles. The topological polar surface area (TPSA) is 45.7 Å². The number of rotatable bonds is 5. The maximum absolute atomic E-state index is 6.06. The molecule has 0 bridgehead atoms. The molecule has 2 fully saturated rings. The molecule has 3 rings (SSSR count). The van der Waals surface area contributed by atoms with E-state index in [1.807, 2.05) is 7.05 Å². The third-order valence-corrected chi connectivity index (χ3v) is 4.38. The van der Waals surface area contributed by atoms with Crippen LogP contribution in [0.15, 0.2) is 29.3 Å². The zero-order valence-corrected chi connectivity index (χ0v) is 13.5. The van der Waals surface area contributed by atoms with Crippen molar-refractivity contribution in [3.05, 3.63) is 29.8 Å². The molecule has 0 radical (unpaired) electrons. The molecule has 0 saturated heterocycles. The zero-order chi connectivity index (χ0) is 15.2. The van der Waals surface area contributed by atoms with Gasteiger partial charge in [0.15, 0.2) is 5.96 Å². The van der Waals surface area contributed by atoms with Crippen molar-refractivity contribution in [2.24, 2.45) is 4.99 Å². The lowest BCUT2D eigenvalue weighted by Crippen LogP contribution is -2.38. The molecule has 0 amide bonds. The molecule has 0 unspecified atom stereocenters. The van der Waals surface area contributed by atoms with E-state index >= 15 is 0 Å². The van der Waals surface area contributed by atoms with Crippen LogP contribution in [0.4, 0.5) is 0 Å². The quantitative estimate of drug-likeness (QED) is 0.648. The lowest BCUT2D eigenvalue weighted by Gasteiger charge is -2.23. The molecule has 2 aliphatic rings. The van der Waals surface area contributed by atoms with Gasteiger partial charge in [-0.1, -0.05) is 18.6 Å². The van der Waals surface area contributed by atoms with E-state index in [4.69, 9.17) is 4.74 Å². The average Bonchev–Trinajstić information content (AvgIpc) is 3.38. The SMILES string of the molecule is CN=C(NCc1ccc(OC2CCCCC2)cc1)NC1CC1. The Morgan fingerprint density at radius 1 is 1.09 bits per heavy atom. The molecule has 2 saturated carbocycles. The van der Waals surface area contributed by atoms with Crippen molar-refractivity contribution in [3.8, 4) is 5.75 Å². The first-order valence-electron chi connectivity index (χ1n) is 8.56. The van der Waals surface area contributed by atoms with Gasteiger partial charge in [-0.15, -0.1) is 0 Å². The van der Waals surface area contributed by atoms with Gasteiger partial charge in [0.1, 0.15) is 5.75 Å². The lowest BCUT2D eigenvalue weighted by atomic mass is 9.98. The van der Waals surface area contributed by atoms with Gasteiger partial charge in [-0.25, -0.2) is 0 Å². The number of aliphatic imine (C=N–C) groups is 1. The van der Waals surface area contributed by atoms with Gasteiger partial charge in [-0.3, -0.25) is 4.99 Å². The molecule has 0 aromatic heterocycles. The summed E-state index contributed by atoms with van der Waals surface area (Å²) >= 11 is 0. The lowest BCUT2D eigenvalue weighted by molar-refractivity contribution is 0.155. The van der Waals surface area contributed by atoms with Crippen molar-refractivity contribution in [3.63, 3.8) is 0 Å². The van der Waals surface area contributed by atoms with Crippen molar-refractivity contribution < 1.29 is 4.74 Å². The maximum atomic E-state index is 6.06. The Labute approximate surface area is 133 Å². The number of hydrogen-bond acceptors (Lipinski definition) is 2. The Balaban J connectivity index is 1.46. The monoisotopic (exact) mass is 301 g/mol. The number of guanidine groups is 1. The fourth-order valence-corrected chi connectivity index (χ4v) is 2.86. The summed E-state index contributed by atoms with van der Waals surface area (Å²) in [5.74, 6) is 1.89. The maximum Gasteiger partial charge on any atom is 0.191 e. The molecule has 0 heterocycles. The standard InChI is InChI=1S/C18H27N3O/c1-19-18(21-15-9-10-15)20-13-14-7-11-17(12-8-14)22-16-5-3-2-4-6-16/h7-8,11-12,15-16H,2-6,9-10,13H2,1H3,(H2,19,20,21). The predicted octanol–water partition coefficient (Wildman–Crippen LogP) is 3.23. The summed E-state index contributed by atoms with van der Waals surface area (Å²) in [6.45, 7) is 0.788. The Morgan fingerprint density at radius 3 is 2.45 bits per heavy atom. The number of nitrogens with zero attached hydrogens (tertiary/aromatic N) is 1. The van der Waals surface area contributed by atoms with Gasteiger partial charge >= 0.3 is 0 Å². The average molecular weight is 301 g/mol. The summed E-state index contributed by atoms with van der Waals surface area (Å²) in [5.41, 5.74) is 1.25. The molecule has 0 atom stereocenters. The molecule has 22 heavy (non-hydrogen) atoms. The second-order valence-corrected chi connectivity index (χ2v) is 6.37. The summed E-state index contributed by atoms with van der Waals surface area (Å²) in [5, 5.41) is 6.75. The van der Waals surface area contributed by atoms with Crippen molar-refractivity contribution in [2.45, 2.75) is 63.6 Å². The summed E-state index contributed by atoms with van der Waals surface area (Å²) in [6.07, 6.45) is 9.31. The predicted molar refractivity (Wildman–Crippen MR) is 90.3 cm³/mol. The Morgan fingerprint density at radius 2 is 1.82 bits per heavy atom. The van der Waals surface area contributed by atoms with Gasteiger partial charge in [-0.2, -0.15) is 0 Å². The molecule has 0 aliphatic heterocycles. The van der Waals surface area contributed by atoms with E-state index in [-0.39, 0.29) is 0 Å². The minimum Gasteiger partial charge on any atom is -0.490 e. The highest BCUT2D eigenvalue weighted by molar-refractivity contribution is 5.80. The molecule has 2 N–H and O–H groups in total. The first-order chi connectivity index (χ1) is 10.8. The van der Waals surface area contributed by atoms with Crippen molar-refractivity contribution in [2.75, 3.05) is 7.05 Å². The van der Waals surface area contributed by atoms with Gasteiger partial charge < -0.3 is 15.4 Å². The summed E-state index contributed by atoms with van der Waals surface area (Å²) in [6, 6.07) is 9.06. The molecule has 4 nitrogen and oxygen atoms in total. The summed E-state index contributed by atoms with van der Waals surface area (Å²) in [4.78, 5) is 4.25. The van der Waals surface area contributed by atoms with Crippen molar-refractivity contribution in [1.82, 2.24) is 10.6 Å². The summed E-state index contributed by atoms with van der Waals surface area (Å²) < 4.78 is 6.06. The van der Waals surface area contributed by atoms with Gasteiger partial charge in [0.2, 0.25) is 0 Å². The van der Waals surface area contributed by atoms with Gasteiger partial charge in [0, 0.05) is 19.6 Å². The molecule has 120 valence electrons. The van der Waals surface area contributed by atoms with E-state index in [2.05, 4.69) is 39.9 Å². The Bertz CT molecular complexity index is 488. The van der Waals surface area contributed by atoms with Crippen LogP contribution < -0.4 is 15.4 Å². The van der Waals surface area contributed by atoms with Crippen LogP contribution in [0.3, 0.4) is 0 Å². The van der Waals surface area contributed by atoms with Gasteiger partial charge in [-0.05, 0) is 56.2 Å². The third kappa shape index (κ3) is 4.65. The van der Waals surface area contributed by atoms with Crippen LogP contribution in [-0.2, 0) is 6.54 Å². The minimum atomic E-state index is 0.416. The van der Waals surface area contributed by atoms with E-state index in [1.54, 1.807) is 0 Å². The van der Waals surface area contributed by atoms with Crippen LogP contribution in [0.2, 0.25) is 0 Å². The third-order valence-electron chi connectivity index (χ3n) is 4.38. The van der Waals surface area contributed by atoms with Crippen molar-refractivity contribution >= 4 is 5.96 Å². The van der Waals surface area contributed by atoms with Crippen LogP contribution in [0.25, 0.3) is 0 Å². The minimum absolute atomic E-state index is 0.416. The second-order valence-electron chi connectivity index (χ2n) is 6.37. The number of hydrogen-bond donors (Lipinski definition) is 2. The highest BCUT2D eigenvalue weighted by Crippen LogP contribution is 2.23. The van der Waals surface area contributed by atoms with E-state index in [1.165, 1.54) is 50.5 Å². The Hall–Kier alpha value is -1.71. The van der Waals surface area contributed by atoms with E-state index in [9.17, 15) is 0 Å². The van der Waals surface area contributed by atoms with Gasteiger partial charge in [0.05, 0.1) is 6.10 Å². The molecular formula is C18H27N3O. The molecule has 1 aromatic rings. The Kier molecular flexibility index (Phi) is 5.20. The van der Waals surface area contributed by atoms with E-state index in [0.29, 0.717) is 12.1 Å². The van der Waals surface area contributed by atoms with Crippen LogP contribution in [0.1, 0.15) is 50.5 Å². The van der Waals surface area contributed by atoms with Crippen LogP contribution >= 0.6 is 0 Å². The van der Waals surface area contributed by atoms with E-state index in [0.717, 1.165) is 18.3 Å². The molecule has 2 aliphatic carbocycles. The highest BCUT2D eigenvalue weighted by Gasteiger charge is 2.22. The number of nitrogens with one attached hydrogen (secondary N) is 2. The fourth-order valence-electron chi connectivity index (χ4n) is 2.86. The molecule has 4 heteroatoms.